The van der Waals surface area contributed by atoms with Crippen LogP contribution in [0.25, 0.3) is 5.69 Å². The van der Waals surface area contributed by atoms with E-state index in [1.165, 1.54) is 0 Å². The Kier molecular flexibility index (Phi) is 3.30. The van der Waals surface area contributed by atoms with Crippen LogP contribution in [0.15, 0.2) is 30.5 Å². The van der Waals surface area contributed by atoms with E-state index < -0.39 is 0 Å². The van der Waals surface area contributed by atoms with Gasteiger partial charge < -0.3 is 16.6 Å². The second kappa shape index (κ2) is 4.88. The number of nitrogen functional groups attached to an aromatic ring is 1. The zero-order valence-electron chi connectivity index (χ0n) is 9.50. The SMILES string of the molecule is NCCCc1cnn(-c2ccccc2O)c1N. The van der Waals surface area contributed by atoms with Gasteiger partial charge in [-0.25, -0.2) is 4.68 Å². The van der Waals surface area contributed by atoms with E-state index in [9.17, 15) is 5.11 Å². The van der Waals surface area contributed by atoms with E-state index in [0.29, 0.717) is 18.1 Å². The van der Waals surface area contributed by atoms with Crippen LogP contribution in [0.2, 0.25) is 0 Å². The molecule has 5 nitrogen and oxygen atoms in total. The maximum absolute atomic E-state index is 9.74. The number of para-hydroxylation sites is 2. The Balaban J connectivity index is 2.34. The fourth-order valence-electron chi connectivity index (χ4n) is 1.71. The Hall–Kier alpha value is -2.01. The van der Waals surface area contributed by atoms with Gasteiger partial charge in [0.15, 0.2) is 0 Å². The number of hydrogen-bond donors (Lipinski definition) is 3. The Morgan fingerprint density at radius 1 is 1.29 bits per heavy atom. The van der Waals surface area contributed by atoms with Gasteiger partial charge in [-0.15, -0.1) is 0 Å². The van der Waals surface area contributed by atoms with Gasteiger partial charge in [-0.05, 0) is 31.5 Å². The van der Waals surface area contributed by atoms with E-state index in [-0.39, 0.29) is 5.75 Å². The van der Waals surface area contributed by atoms with Crippen LogP contribution >= 0.6 is 0 Å². The van der Waals surface area contributed by atoms with Crippen molar-refractivity contribution in [1.29, 1.82) is 0 Å². The lowest BCUT2D eigenvalue weighted by atomic mass is 10.2. The maximum atomic E-state index is 9.74. The summed E-state index contributed by atoms with van der Waals surface area (Å²) in [6.07, 6.45) is 3.39. The van der Waals surface area contributed by atoms with Gasteiger partial charge in [0.25, 0.3) is 0 Å². The minimum absolute atomic E-state index is 0.160. The standard InChI is InChI=1S/C12H16N4O/c13-7-3-4-9-8-15-16(12(9)14)10-5-1-2-6-11(10)17/h1-2,5-6,8,17H,3-4,7,13-14H2. The summed E-state index contributed by atoms with van der Waals surface area (Å²) in [4.78, 5) is 0. The Morgan fingerprint density at radius 2 is 2.06 bits per heavy atom. The number of nitrogens with two attached hydrogens (primary N) is 2. The van der Waals surface area contributed by atoms with E-state index in [2.05, 4.69) is 5.10 Å². The van der Waals surface area contributed by atoms with Gasteiger partial charge in [-0.1, -0.05) is 12.1 Å². The molecule has 0 saturated heterocycles. The summed E-state index contributed by atoms with van der Waals surface area (Å²) in [6, 6.07) is 6.96. The molecule has 1 heterocycles. The largest absolute Gasteiger partial charge is 0.506 e. The van der Waals surface area contributed by atoms with Gasteiger partial charge >= 0.3 is 0 Å². The first-order valence-electron chi connectivity index (χ1n) is 5.55. The van der Waals surface area contributed by atoms with Crippen LogP contribution in [0.3, 0.4) is 0 Å². The molecule has 2 rings (SSSR count). The predicted molar refractivity (Wildman–Crippen MR) is 67.0 cm³/mol. The lowest BCUT2D eigenvalue weighted by Gasteiger charge is -2.06. The minimum atomic E-state index is 0.160. The highest BCUT2D eigenvalue weighted by atomic mass is 16.3. The van der Waals surface area contributed by atoms with Crippen LogP contribution in [-0.4, -0.2) is 21.4 Å². The Labute approximate surface area is 99.7 Å². The number of anilines is 1. The van der Waals surface area contributed by atoms with Gasteiger partial charge in [0.1, 0.15) is 17.3 Å². The van der Waals surface area contributed by atoms with Crippen molar-refractivity contribution in [1.82, 2.24) is 9.78 Å². The molecule has 0 aliphatic heterocycles. The molecule has 0 unspecified atom stereocenters. The molecule has 0 aliphatic rings. The second-order valence-electron chi connectivity index (χ2n) is 3.85. The van der Waals surface area contributed by atoms with Crippen LogP contribution in [0.1, 0.15) is 12.0 Å². The lowest BCUT2D eigenvalue weighted by molar-refractivity contribution is 0.470. The summed E-state index contributed by atoms with van der Waals surface area (Å²) < 4.78 is 1.54. The monoisotopic (exact) mass is 232 g/mol. The first-order valence-corrected chi connectivity index (χ1v) is 5.55. The molecule has 5 heteroatoms. The number of phenols is 1. The number of phenolic OH excluding ortho intramolecular Hbond substituents is 1. The molecule has 17 heavy (non-hydrogen) atoms. The van der Waals surface area contributed by atoms with Gasteiger partial charge in [0.2, 0.25) is 0 Å². The molecule has 0 aliphatic carbocycles. The number of aromatic hydroxyl groups is 1. The van der Waals surface area contributed by atoms with Crippen molar-refractivity contribution in [3.8, 4) is 11.4 Å². The quantitative estimate of drug-likeness (QED) is 0.735. The molecule has 0 fully saturated rings. The smallest absolute Gasteiger partial charge is 0.141 e. The summed E-state index contributed by atoms with van der Waals surface area (Å²) >= 11 is 0. The van der Waals surface area contributed by atoms with Gasteiger partial charge in [-0.3, -0.25) is 0 Å². The molecule has 90 valence electrons. The summed E-state index contributed by atoms with van der Waals surface area (Å²) in [5.41, 5.74) is 13.0. The average molecular weight is 232 g/mol. The summed E-state index contributed by atoms with van der Waals surface area (Å²) in [5.74, 6) is 0.715. The molecule has 1 aromatic heterocycles. The molecule has 1 aromatic carbocycles. The maximum Gasteiger partial charge on any atom is 0.141 e. The molecular formula is C12H16N4O. The molecule has 0 saturated carbocycles. The van der Waals surface area contributed by atoms with Crippen LogP contribution in [0, 0.1) is 0 Å². The van der Waals surface area contributed by atoms with Crippen LogP contribution in [-0.2, 0) is 6.42 Å². The van der Waals surface area contributed by atoms with Crippen molar-refractivity contribution in [2.45, 2.75) is 12.8 Å². The van der Waals surface area contributed by atoms with Crippen molar-refractivity contribution < 1.29 is 5.11 Å². The predicted octanol–water partition coefficient (Wildman–Crippen LogP) is 1.05. The van der Waals surface area contributed by atoms with Crippen molar-refractivity contribution in [3.05, 3.63) is 36.0 Å². The second-order valence-corrected chi connectivity index (χ2v) is 3.85. The highest BCUT2D eigenvalue weighted by molar-refractivity contribution is 5.52. The third-order valence-corrected chi connectivity index (χ3v) is 2.65. The van der Waals surface area contributed by atoms with E-state index >= 15 is 0 Å². The average Bonchev–Trinajstić information content (AvgIpc) is 2.69. The van der Waals surface area contributed by atoms with Crippen LogP contribution in [0.5, 0.6) is 5.75 Å². The zero-order chi connectivity index (χ0) is 12.3. The van der Waals surface area contributed by atoms with Crippen molar-refractivity contribution in [3.63, 3.8) is 0 Å². The number of rotatable bonds is 4. The van der Waals surface area contributed by atoms with Gasteiger partial charge in [-0.2, -0.15) is 5.10 Å². The molecule has 0 atom stereocenters. The molecule has 0 bridgehead atoms. The van der Waals surface area contributed by atoms with E-state index in [1.54, 1.807) is 29.1 Å². The number of nitrogens with zero attached hydrogens (tertiary/aromatic N) is 2. The first kappa shape index (κ1) is 11.5. The highest BCUT2D eigenvalue weighted by Gasteiger charge is 2.10. The fourth-order valence-corrected chi connectivity index (χ4v) is 1.71. The summed E-state index contributed by atoms with van der Waals surface area (Å²) in [6.45, 7) is 0.626. The molecule has 5 N–H and O–H groups in total. The van der Waals surface area contributed by atoms with Gasteiger partial charge in [0, 0.05) is 5.56 Å². The number of benzene rings is 1. The lowest BCUT2D eigenvalue weighted by Crippen LogP contribution is -2.05. The molecule has 0 spiro atoms. The zero-order valence-corrected chi connectivity index (χ0v) is 9.50. The molecular weight excluding hydrogens is 216 g/mol. The van der Waals surface area contributed by atoms with Gasteiger partial charge in [0.05, 0.1) is 6.20 Å². The third kappa shape index (κ3) is 2.24. The molecule has 0 amide bonds. The van der Waals surface area contributed by atoms with E-state index in [1.807, 2.05) is 6.07 Å². The Bertz CT molecular complexity index is 507. The third-order valence-electron chi connectivity index (χ3n) is 2.65. The number of hydrogen-bond acceptors (Lipinski definition) is 4. The number of aryl methyl sites for hydroxylation is 1. The first-order chi connectivity index (χ1) is 8.24. The van der Waals surface area contributed by atoms with E-state index in [0.717, 1.165) is 18.4 Å². The van der Waals surface area contributed by atoms with E-state index in [4.69, 9.17) is 11.5 Å². The van der Waals surface area contributed by atoms with Crippen molar-refractivity contribution in [2.75, 3.05) is 12.3 Å². The van der Waals surface area contributed by atoms with Crippen LogP contribution in [0.4, 0.5) is 5.82 Å². The van der Waals surface area contributed by atoms with Crippen molar-refractivity contribution in [2.24, 2.45) is 5.73 Å². The number of aromatic nitrogens is 2. The summed E-state index contributed by atoms with van der Waals surface area (Å²) in [5, 5.41) is 13.9. The van der Waals surface area contributed by atoms with Crippen molar-refractivity contribution >= 4 is 5.82 Å². The minimum Gasteiger partial charge on any atom is -0.506 e. The molecule has 2 aromatic rings. The fraction of sp³-hybridized carbons (Fsp3) is 0.250. The highest BCUT2D eigenvalue weighted by Crippen LogP contribution is 2.24. The molecule has 0 radical (unpaired) electrons. The summed E-state index contributed by atoms with van der Waals surface area (Å²) in [7, 11) is 0. The Morgan fingerprint density at radius 3 is 2.76 bits per heavy atom. The van der Waals surface area contributed by atoms with Crippen LogP contribution < -0.4 is 11.5 Å². The topological polar surface area (TPSA) is 90.1 Å². The normalized spacial score (nSPS) is 10.6.